The minimum Gasteiger partial charge on any atom is -0.384 e. The summed E-state index contributed by atoms with van der Waals surface area (Å²) in [6, 6.07) is 17.6. The number of hydrogen-bond donors (Lipinski definition) is 1. The zero-order valence-electron chi connectivity index (χ0n) is 13.0. The lowest BCUT2D eigenvalue weighted by Gasteiger charge is -2.19. The third-order valence-corrected chi connectivity index (χ3v) is 5.32. The summed E-state index contributed by atoms with van der Waals surface area (Å²) < 4.78 is 0. The van der Waals surface area contributed by atoms with Crippen molar-refractivity contribution in [3.63, 3.8) is 0 Å². The molecule has 0 aromatic heterocycles. The zero-order chi connectivity index (χ0) is 14.9. The Morgan fingerprint density at radius 1 is 1.05 bits per heavy atom. The highest BCUT2D eigenvalue weighted by atomic mass is 32.2. The van der Waals surface area contributed by atoms with Gasteiger partial charge in [0, 0.05) is 22.4 Å². The van der Waals surface area contributed by atoms with E-state index in [2.05, 4.69) is 74.6 Å². The third kappa shape index (κ3) is 3.44. The molecule has 0 spiro atoms. The molecule has 1 nitrogen and oxygen atoms in total. The molecule has 0 aliphatic carbocycles. The molecule has 2 aromatic rings. The molecule has 1 aliphatic rings. The Hall–Kier alpha value is -1.41. The number of thioether (sulfide) groups is 1. The van der Waals surface area contributed by atoms with Gasteiger partial charge in [0.1, 0.15) is 0 Å². The predicted molar refractivity (Wildman–Crippen MR) is 93.4 cm³/mol. The van der Waals surface area contributed by atoms with E-state index in [0.29, 0.717) is 5.25 Å². The van der Waals surface area contributed by atoms with Crippen LogP contribution in [0.4, 0.5) is 5.69 Å². The molecule has 110 valence electrons. The van der Waals surface area contributed by atoms with Crippen LogP contribution >= 0.6 is 11.8 Å². The molecule has 2 heteroatoms. The van der Waals surface area contributed by atoms with Crippen LogP contribution in [0, 0.1) is 0 Å². The van der Waals surface area contributed by atoms with Crippen molar-refractivity contribution in [3.8, 4) is 0 Å². The maximum Gasteiger partial charge on any atom is 0.0340 e. The fourth-order valence-electron chi connectivity index (χ4n) is 2.69. The van der Waals surface area contributed by atoms with Crippen molar-refractivity contribution >= 4 is 17.4 Å². The summed E-state index contributed by atoms with van der Waals surface area (Å²) in [5.74, 6) is 0. The maximum absolute atomic E-state index is 3.58. The van der Waals surface area contributed by atoms with Gasteiger partial charge in [-0.25, -0.2) is 0 Å². The summed E-state index contributed by atoms with van der Waals surface area (Å²) in [5.41, 5.74) is 4.33. The highest BCUT2D eigenvalue weighted by molar-refractivity contribution is 8.00. The summed E-state index contributed by atoms with van der Waals surface area (Å²) in [5, 5.41) is 4.22. The number of anilines is 1. The quantitative estimate of drug-likeness (QED) is 0.844. The molecular weight excluding hydrogens is 274 g/mol. The minimum absolute atomic E-state index is 0.224. The number of nitrogens with one attached hydrogen (secondary N) is 1. The van der Waals surface area contributed by atoms with Gasteiger partial charge in [0.25, 0.3) is 0 Å². The van der Waals surface area contributed by atoms with Crippen LogP contribution in [0.2, 0.25) is 0 Å². The summed E-state index contributed by atoms with van der Waals surface area (Å²) >= 11 is 2.00. The highest BCUT2D eigenvalue weighted by Crippen LogP contribution is 2.36. The van der Waals surface area contributed by atoms with Crippen molar-refractivity contribution in [3.05, 3.63) is 59.7 Å². The normalized spacial score (nSPS) is 17.6. The average molecular weight is 297 g/mol. The molecule has 1 N–H and O–H groups in total. The van der Waals surface area contributed by atoms with E-state index < -0.39 is 0 Å². The van der Waals surface area contributed by atoms with Gasteiger partial charge >= 0.3 is 0 Å². The minimum atomic E-state index is 0.224. The van der Waals surface area contributed by atoms with Gasteiger partial charge < -0.3 is 5.32 Å². The van der Waals surface area contributed by atoms with Crippen molar-refractivity contribution in [2.45, 2.75) is 42.8 Å². The van der Waals surface area contributed by atoms with Gasteiger partial charge in [-0.3, -0.25) is 0 Å². The first-order chi connectivity index (χ1) is 10.0. The second-order valence-corrected chi connectivity index (χ2v) is 8.10. The smallest absolute Gasteiger partial charge is 0.0340 e. The molecule has 0 amide bonds. The average Bonchev–Trinajstić information content (AvgIpc) is 2.87. The number of fused-ring (bicyclic) bond motifs is 1. The molecule has 21 heavy (non-hydrogen) atoms. The van der Waals surface area contributed by atoms with Gasteiger partial charge in [-0.1, -0.05) is 51.1 Å². The van der Waals surface area contributed by atoms with E-state index in [9.17, 15) is 0 Å². The maximum atomic E-state index is 3.58. The van der Waals surface area contributed by atoms with Gasteiger partial charge in [-0.05, 0) is 41.2 Å². The Labute approximate surface area is 132 Å². The lowest BCUT2D eigenvalue weighted by Crippen LogP contribution is -2.16. The standard InChI is InChI=1S/C19H23NS/c1-19(2,3)15-8-10-16(11-9-15)20-13-17-12-14-6-4-5-7-18(14)21-17/h4-11,17,20H,12-13H2,1-3H3. The molecule has 0 fully saturated rings. The van der Waals surface area contributed by atoms with Crippen LogP contribution in [-0.4, -0.2) is 11.8 Å². The van der Waals surface area contributed by atoms with Crippen LogP contribution in [0.1, 0.15) is 31.9 Å². The first-order valence-corrected chi connectivity index (χ1v) is 8.49. The summed E-state index contributed by atoms with van der Waals surface area (Å²) in [7, 11) is 0. The van der Waals surface area contributed by atoms with E-state index in [4.69, 9.17) is 0 Å². The van der Waals surface area contributed by atoms with Crippen molar-refractivity contribution in [2.24, 2.45) is 0 Å². The van der Waals surface area contributed by atoms with Crippen LogP contribution in [-0.2, 0) is 11.8 Å². The van der Waals surface area contributed by atoms with Crippen LogP contribution < -0.4 is 5.32 Å². The first kappa shape index (κ1) is 14.5. The molecule has 1 atom stereocenters. The summed E-state index contributed by atoms with van der Waals surface area (Å²) in [4.78, 5) is 1.45. The highest BCUT2D eigenvalue weighted by Gasteiger charge is 2.21. The Kier molecular flexibility index (Phi) is 3.99. The molecule has 3 rings (SSSR count). The summed E-state index contributed by atoms with van der Waals surface area (Å²) in [6.45, 7) is 7.78. The topological polar surface area (TPSA) is 12.0 Å². The van der Waals surface area contributed by atoms with Gasteiger partial charge in [0.05, 0.1) is 0 Å². The van der Waals surface area contributed by atoms with Crippen LogP contribution in [0.3, 0.4) is 0 Å². The molecule has 1 aliphatic heterocycles. The van der Waals surface area contributed by atoms with Crippen molar-refractivity contribution in [1.82, 2.24) is 0 Å². The van der Waals surface area contributed by atoms with E-state index in [1.165, 1.54) is 28.1 Å². The van der Waals surface area contributed by atoms with E-state index in [0.717, 1.165) is 6.54 Å². The zero-order valence-corrected chi connectivity index (χ0v) is 13.8. The lowest BCUT2D eigenvalue weighted by atomic mass is 9.87. The largest absolute Gasteiger partial charge is 0.384 e. The molecule has 1 unspecified atom stereocenters. The fourth-order valence-corrected chi connectivity index (χ4v) is 3.94. The molecule has 0 bridgehead atoms. The van der Waals surface area contributed by atoms with Crippen molar-refractivity contribution in [1.29, 1.82) is 0 Å². The predicted octanol–water partition coefficient (Wildman–Crippen LogP) is 5.11. The number of rotatable bonds is 3. The Morgan fingerprint density at radius 2 is 1.76 bits per heavy atom. The first-order valence-electron chi connectivity index (χ1n) is 7.61. The van der Waals surface area contributed by atoms with Crippen molar-refractivity contribution < 1.29 is 0 Å². The van der Waals surface area contributed by atoms with E-state index >= 15 is 0 Å². The van der Waals surface area contributed by atoms with Crippen molar-refractivity contribution in [2.75, 3.05) is 11.9 Å². The molecule has 2 aromatic carbocycles. The van der Waals surface area contributed by atoms with Crippen LogP contribution in [0.25, 0.3) is 0 Å². The van der Waals surface area contributed by atoms with Crippen LogP contribution in [0.15, 0.2) is 53.4 Å². The lowest BCUT2D eigenvalue weighted by molar-refractivity contribution is 0.590. The van der Waals surface area contributed by atoms with Gasteiger partial charge in [0.2, 0.25) is 0 Å². The van der Waals surface area contributed by atoms with E-state index in [1.54, 1.807) is 0 Å². The molecule has 0 saturated heterocycles. The van der Waals surface area contributed by atoms with E-state index in [1.807, 2.05) is 11.8 Å². The Balaban J connectivity index is 1.57. The summed E-state index contributed by atoms with van der Waals surface area (Å²) in [6.07, 6.45) is 1.17. The number of hydrogen-bond acceptors (Lipinski definition) is 2. The van der Waals surface area contributed by atoms with Gasteiger partial charge in [-0.2, -0.15) is 0 Å². The molecule has 1 heterocycles. The fraction of sp³-hybridized carbons (Fsp3) is 0.368. The van der Waals surface area contributed by atoms with Gasteiger partial charge in [-0.15, -0.1) is 11.8 Å². The Bertz CT molecular complexity index is 585. The SMILES string of the molecule is CC(C)(C)c1ccc(NCC2Cc3ccccc3S2)cc1. The Morgan fingerprint density at radius 3 is 2.43 bits per heavy atom. The monoisotopic (exact) mass is 297 g/mol. The van der Waals surface area contributed by atoms with E-state index in [-0.39, 0.29) is 5.41 Å². The second kappa shape index (κ2) is 5.76. The molecule has 0 saturated carbocycles. The molecule has 0 radical (unpaired) electrons. The van der Waals surface area contributed by atoms with Crippen LogP contribution in [0.5, 0.6) is 0 Å². The third-order valence-electron chi connectivity index (χ3n) is 4.00. The molecular formula is C19H23NS. The number of benzene rings is 2. The second-order valence-electron chi connectivity index (χ2n) is 6.76. The van der Waals surface area contributed by atoms with Gasteiger partial charge in [0.15, 0.2) is 0 Å².